The molecule has 0 aliphatic rings. The number of benzene rings is 1. The molecule has 0 fully saturated rings. The van der Waals surface area contributed by atoms with E-state index in [1.165, 1.54) is 6.92 Å². The molecular formula is C14H16ClNO2. The normalized spacial score (nSPS) is 12.1. The topological polar surface area (TPSA) is 43.1 Å². The summed E-state index contributed by atoms with van der Waals surface area (Å²) in [5, 5.41) is 0.436. The molecule has 0 aliphatic heterocycles. The first kappa shape index (κ1) is 13.1. The fourth-order valence-electron chi connectivity index (χ4n) is 1.77. The lowest BCUT2D eigenvalue weighted by atomic mass is 9.92. The van der Waals surface area contributed by atoms with E-state index in [1.54, 1.807) is 12.1 Å². The molecule has 0 aliphatic carbocycles. The van der Waals surface area contributed by atoms with Gasteiger partial charge in [0.15, 0.2) is 17.3 Å². The maximum atomic E-state index is 11.4. The van der Waals surface area contributed by atoms with E-state index >= 15 is 0 Å². The predicted molar refractivity (Wildman–Crippen MR) is 72.2 cm³/mol. The van der Waals surface area contributed by atoms with Crippen molar-refractivity contribution in [1.82, 2.24) is 4.98 Å². The zero-order valence-corrected chi connectivity index (χ0v) is 11.8. The van der Waals surface area contributed by atoms with E-state index < -0.39 is 0 Å². The average Bonchev–Trinajstić information content (AvgIpc) is 2.57. The van der Waals surface area contributed by atoms with Gasteiger partial charge in [0.2, 0.25) is 0 Å². The van der Waals surface area contributed by atoms with Crippen LogP contribution >= 0.6 is 11.6 Å². The molecule has 0 spiro atoms. The molecule has 18 heavy (non-hydrogen) atoms. The Labute approximate surface area is 111 Å². The molecule has 0 atom stereocenters. The van der Waals surface area contributed by atoms with Crippen LogP contribution in [0.25, 0.3) is 11.1 Å². The SMILES string of the molecule is CC(=O)c1cc(Cl)c2oc(CC(C)(C)C)nc2c1. The fourth-order valence-corrected chi connectivity index (χ4v) is 2.02. The second-order valence-electron chi connectivity index (χ2n) is 5.71. The first-order chi connectivity index (χ1) is 8.26. The Morgan fingerprint density at radius 3 is 2.61 bits per heavy atom. The molecule has 2 aromatic rings. The molecule has 96 valence electrons. The van der Waals surface area contributed by atoms with E-state index in [4.69, 9.17) is 16.0 Å². The summed E-state index contributed by atoms with van der Waals surface area (Å²) in [4.78, 5) is 15.8. The summed E-state index contributed by atoms with van der Waals surface area (Å²) in [6.45, 7) is 7.85. The van der Waals surface area contributed by atoms with Gasteiger partial charge in [0.05, 0.1) is 5.02 Å². The summed E-state index contributed by atoms with van der Waals surface area (Å²) < 4.78 is 5.66. The van der Waals surface area contributed by atoms with Crippen LogP contribution in [0.2, 0.25) is 5.02 Å². The number of hydrogen-bond acceptors (Lipinski definition) is 3. The molecule has 0 saturated heterocycles. The lowest BCUT2D eigenvalue weighted by Gasteiger charge is -2.14. The minimum atomic E-state index is -0.0285. The maximum Gasteiger partial charge on any atom is 0.196 e. The van der Waals surface area contributed by atoms with Gasteiger partial charge in [0.1, 0.15) is 5.52 Å². The van der Waals surface area contributed by atoms with Crippen LogP contribution in [0.15, 0.2) is 16.5 Å². The molecule has 0 bridgehead atoms. The van der Waals surface area contributed by atoms with E-state index in [1.807, 2.05) is 0 Å². The second kappa shape index (κ2) is 4.39. The first-order valence-electron chi connectivity index (χ1n) is 5.86. The number of fused-ring (bicyclic) bond motifs is 1. The maximum absolute atomic E-state index is 11.4. The molecule has 1 aromatic heterocycles. The van der Waals surface area contributed by atoms with E-state index in [0.29, 0.717) is 27.6 Å². The molecule has 4 heteroatoms. The number of rotatable bonds is 2. The van der Waals surface area contributed by atoms with Crippen molar-refractivity contribution in [2.24, 2.45) is 5.41 Å². The Kier molecular flexibility index (Phi) is 3.20. The van der Waals surface area contributed by atoms with Gasteiger partial charge >= 0.3 is 0 Å². The lowest BCUT2D eigenvalue weighted by Crippen LogP contribution is -2.09. The van der Waals surface area contributed by atoms with Crippen LogP contribution < -0.4 is 0 Å². The van der Waals surface area contributed by atoms with Gasteiger partial charge in [-0.1, -0.05) is 32.4 Å². The van der Waals surface area contributed by atoms with E-state index in [9.17, 15) is 4.79 Å². The van der Waals surface area contributed by atoms with Crippen LogP contribution in [-0.4, -0.2) is 10.8 Å². The van der Waals surface area contributed by atoms with Crippen LogP contribution in [0.3, 0.4) is 0 Å². The van der Waals surface area contributed by atoms with E-state index in [-0.39, 0.29) is 11.2 Å². The molecule has 0 amide bonds. The first-order valence-corrected chi connectivity index (χ1v) is 6.24. The zero-order chi connectivity index (χ0) is 13.5. The molecule has 3 nitrogen and oxygen atoms in total. The van der Waals surface area contributed by atoms with Crippen molar-refractivity contribution in [3.8, 4) is 0 Å². The largest absolute Gasteiger partial charge is 0.439 e. The highest BCUT2D eigenvalue weighted by Crippen LogP contribution is 2.29. The van der Waals surface area contributed by atoms with Crippen LogP contribution in [0, 0.1) is 5.41 Å². The van der Waals surface area contributed by atoms with Gasteiger partial charge in [-0.05, 0) is 24.5 Å². The minimum Gasteiger partial charge on any atom is -0.439 e. The number of hydrogen-bond donors (Lipinski definition) is 0. The quantitative estimate of drug-likeness (QED) is 0.762. The number of halogens is 1. The van der Waals surface area contributed by atoms with Crippen molar-refractivity contribution in [2.75, 3.05) is 0 Å². The van der Waals surface area contributed by atoms with Gasteiger partial charge in [-0.3, -0.25) is 4.79 Å². The van der Waals surface area contributed by atoms with E-state index in [0.717, 1.165) is 6.42 Å². The summed E-state index contributed by atoms with van der Waals surface area (Å²) in [6, 6.07) is 3.34. The average molecular weight is 266 g/mol. The Hall–Kier alpha value is -1.35. The summed E-state index contributed by atoms with van der Waals surface area (Å²) in [6.07, 6.45) is 0.730. The predicted octanol–water partition coefficient (Wildman–Crippen LogP) is 4.27. The lowest BCUT2D eigenvalue weighted by molar-refractivity contribution is 0.101. The Morgan fingerprint density at radius 1 is 1.39 bits per heavy atom. The summed E-state index contributed by atoms with van der Waals surface area (Å²) in [7, 11) is 0. The van der Waals surface area contributed by atoms with Crippen molar-refractivity contribution >= 4 is 28.5 Å². The van der Waals surface area contributed by atoms with Crippen molar-refractivity contribution in [2.45, 2.75) is 34.1 Å². The Balaban J connectivity index is 2.51. The fraction of sp³-hybridized carbons (Fsp3) is 0.429. The minimum absolute atomic E-state index is 0.0285. The van der Waals surface area contributed by atoms with Gasteiger partial charge in [0, 0.05) is 12.0 Å². The number of carbonyl (C=O) groups is 1. The number of oxazole rings is 1. The Bertz CT molecular complexity index is 608. The van der Waals surface area contributed by atoms with Crippen molar-refractivity contribution in [3.63, 3.8) is 0 Å². The summed E-state index contributed by atoms with van der Waals surface area (Å²) >= 11 is 6.10. The molecule has 2 rings (SSSR count). The highest BCUT2D eigenvalue weighted by atomic mass is 35.5. The number of ketones is 1. The molecular weight excluding hydrogens is 250 g/mol. The Morgan fingerprint density at radius 2 is 2.06 bits per heavy atom. The van der Waals surface area contributed by atoms with E-state index in [2.05, 4.69) is 25.8 Å². The third kappa shape index (κ3) is 2.72. The van der Waals surface area contributed by atoms with Gasteiger partial charge in [-0.15, -0.1) is 0 Å². The number of aromatic nitrogens is 1. The van der Waals surface area contributed by atoms with Gasteiger partial charge in [-0.25, -0.2) is 4.98 Å². The third-order valence-electron chi connectivity index (χ3n) is 2.58. The van der Waals surface area contributed by atoms with Gasteiger partial charge in [-0.2, -0.15) is 0 Å². The van der Waals surface area contributed by atoms with Gasteiger partial charge < -0.3 is 4.42 Å². The van der Waals surface area contributed by atoms with Crippen molar-refractivity contribution < 1.29 is 9.21 Å². The van der Waals surface area contributed by atoms with Crippen LogP contribution in [0.5, 0.6) is 0 Å². The molecule has 1 aromatic carbocycles. The highest BCUT2D eigenvalue weighted by Gasteiger charge is 2.18. The molecule has 0 N–H and O–H groups in total. The summed E-state index contributed by atoms with van der Waals surface area (Å²) in [5.74, 6) is 0.624. The summed E-state index contributed by atoms with van der Waals surface area (Å²) in [5.41, 5.74) is 1.85. The van der Waals surface area contributed by atoms with Crippen LogP contribution in [0.1, 0.15) is 43.9 Å². The smallest absolute Gasteiger partial charge is 0.196 e. The molecule has 1 heterocycles. The van der Waals surface area contributed by atoms with Crippen molar-refractivity contribution in [1.29, 1.82) is 0 Å². The molecule has 0 saturated carbocycles. The monoisotopic (exact) mass is 265 g/mol. The van der Waals surface area contributed by atoms with Gasteiger partial charge in [0.25, 0.3) is 0 Å². The second-order valence-corrected chi connectivity index (χ2v) is 6.11. The van der Waals surface area contributed by atoms with Crippen LogP contribution in [0.4, 0.5) is 0 Å². The standard InChI is InChI=1S/C14H16ClNO2/c1-8(17)9-5-10(15)13-11(6-9)16-12(18-13)7-14(2,3)4/h5-6H,7H2,1-4H3. The number of Topliss-reactive ketones (excluding diaryl/α,β-unsaturated/α-hetero) is 1. The number of carbonyl (C=O) groups excluding carboxylic acids is 1. The highest BCUT2D eigenvalue weighted by molar-refractivity contribution is 6.35. The molecule has 0 radical (unpaired) electrons. The number of nitrogens with zero attached hydrogens (tertiary/aromatic N) is 1. The van der Waals surface area contributed by atoms with Crippen molar-refractivity contribution in [3.05, 3.63) is 28.6 Å². The third-order valence-corrected chi connectivity index (χ3v) is 2.86. The van der Waals surface area contributed by atoms with Crippen LogP contribution in [-0.2, 0) is 6.42 Å². The zero-order valence-electron chi connectivity index (χ0n) is 11.0. The molecule has 0 unspecified atom stereocenters.